The van der Waals surface area contributed by atoms with E-state index in [0.29, 0.717) is 24.9 Å². The van der Waals surface area contributed by atoms with Crippen LogP contribution in [0.1, 0.15) is 6.42 Å². The van der Waals surface area contributed by atoms with Gasteiger partial charge in [0, 0.05) is 18.3 Å². The largest absolute Gasteiger partial charge is 0.467 e. The van der Waals surface area contributed by atoms with Gasteiger partial charge in [0.1, 0.15) is 0 Å². The molecule has 1 rings (SSSR count). The Morgan fingerprint density at radius 2 is 2.33 bits per heavy atom. The fraction of sp³-hybridized carbons (Fsp3) is 0.778. The quantitative estimate of drug-likeness (QED) is 0.546. The number of carbonyl (C=O) groups is 2. The van der Waals surface area contributed by atoms with E-state index in [4.69, 9.17) is 4.74 Å². The average Bonchev–Trinajstić information content (AvgIpc) is 2.28. The molecule has 0 aromatic rings. The van der Waals surface area contributed by atoms with Gasteiger partial charge in [-0.2, -0.15) is 0 Å². The Morgan fingerprint density at radius 1 is 1.60 bits per heavy atom. The first-order valence-corrected chi connectivity index (χ1v) is 5.84. The van der Waals surface area contributed by atoms with Crippen molar-refractivity contribution >= 4 is 27.8 Å². The minimum absolute atomic E-state index is 0.0504. The van der Waals surface area contributed by atoms with Crippen LogP contribution in [-0.2, 0) is 19.1 Å². The lowest BCUT2D eigenvalue weighted by Gasteiger charge is -2.33. The Hall–Kier alpha value is -0.620. The number of ether oxygens (including phenoxy) is 2. The van der Waals surface area contributed by atoms with Crippen LogP contribution in [0.5, 0.6) is 0 Å². The number of carbonyl (C=O) groups excluding carboxylic acids is 2. The third-order valence-electron chi connectivity index (χ3n) is 2.23. The summed E-state index contributed by atoms with van der Waals surface area (Å²) < 4.78 is 9.78. The fourth-order valence-electron chi connectivity index (χ4n) is 1.46. The van der Waals surface area contributed by atoms with Crippen LogP contribution in [0.4, 0.5) is 0 Å². The highest BCUT2D eigenvalue weighted by atomic mass is 79.9. The zero-order valence-corrected chi connectivity index (χ0v) is 10.2. The highest BCUT2D eigenvalue weighted by molar-refractivity contribution is 9.09. The monoisotopic (exact) mass is 279 g/mol. The zero-order valence-electron chi connectivity index (χ0n) is 8.57. The van der Waals surface area contributed by atoms with Crippen molar-refractivity contribution in [1.29, 1.82) is 0 Å². The molecule has 5 nitrogen and oxygen atoms in total. The second-order valence-corrected chi connectivity index (χ2v) is 3.93. The molecule has 1 saturated heterocycles. The zero-order chi connectivity index (χ0) is 11.3. The topological polar surface area (TPSA) is 55.8 Å². The van der Waals surface area contributed by atoms with Crippen molar-refractivity contribution < 1.29 is 19.1 Å². The molecule has 0 spiro atoms. The number of rotatable bonds is 3. The molecule has 0 saturated carbocycles. The summed E-state index contributed by atoms with van der Waals surface area (Å²) >= 11 is 3.20. The van der Waals surface area contributed by atoms with E-state index in [9.17, 15) is 9.59 Å². The molecule has 0 bridgehead atoms. The lowest BCUT2D eigenvalue weighted by atomic mass is 10.2. The van der Waals surface area contributed by atoms with E-state index in [0.717, 1.165) is 0 Å². The van der Waals surface area contributed by atoms with Gasteiger partial charge in [-0.25, -0.2) is 4.79 Å². The summed E-state index contributed by atoms with van der Waals surface area (Å²) in [5.74, 6) is -0.469. The molecule has 15 heavy (non-hydrogen) atoms. The average molecular weight is 280 g/mol. The van der Waals surface area contributed by atoms with Gasteiger partial charge in [-0.15, -0.1) is 0 Å². The summed E-state index contributed by atoms with van der Waals surface area (Å²) in [5, 5.41) is 0.594. The van der Waals surface area contributed by atoms with Gasteiger partial charge in [-0.05, 0) is 0 Å². The van der Waals surface area contributed by atoms with Gasteiger partial charge in [-0.1, -0.05) is 15.9 Å². The van der Waals surface area contributed by atoms with Gasteiger partial charge < -0.3 is 14.4 Å². The second kappa shape index (κ2) is 6.07. The number of morpholine rings is 1. The summed E-state index contributed by atoms with van der Waals surface area (Å²) in [5.41, 5.74) is 0. The van der Waals surface area contributed by atoms with Gasteiger partial charge in [0.15, 0.2) is 6.04 Å². The van der Waals surface area contributed by atoms with E-state index in [1.807, 2.05) is 0 Å². The molecular formula is C9H14BrNO4. The molecule has 0 aliphatic carbocycles. The smallest absolute Gasteiger partial charge is 0.331 e. The Kier molecular flexibility index (Phi) is 5.04. The Labute approximate surface area is 96.8 Å². The van der Waals surface area contributed by atoms with Crippen molar-refractivity contribution in [2.75, 3.05) is 32.2 Å². The van der Waals surface area contributed by atoms with Gasteiger partial charge in [0.05, 0.1) is 20.3 Å². The van der Waals surface area contributed by atoms with Crippen molar-refractivity contribution in [3.05, 3.63) is 0 Å². The minimum atomic E-state index is -0.588. The first-order chi connectivity index (χ1) is 7.20. The van der Waals surface area contributed by atoms with Crippen molar-refractivity contribution in [3.63, 3.8) is 0 Å². The van der Waals surface area contributed by atoms with Crippen molar-refractivity contribution in [2.45, 2.75) is 12.5 Å². The molecule has 1 aliphatic rings. The number of halogens is 1. The van der Waals surface area contributed by atoms with E-state index in [1.165, 1.54) is 12.0 Å². The molecule has 0 aromatic heterocycles. The normalized spacial score (nSPS) is 21.2. The lowest BCUT2D eigenvalue weighted by molar-refractivity contribution is -0.160. The van der Waals surface area contributed by atoms with E-state index in [1.54, 1.807) is 0 Å². The number of alkyl halides is 1. The number of hydrogen-bond donors (Lipinski definition) is 0. The Morgan fingerprint density at radius 3 is 2.93 bits per heavy atom. The summed E-state index contributed by atoms with van der Waals surface area (Å²) in [6.07, 6.45) is 0.382. The number of esters is 1. The number of hydrogen-bond acceptors (Lipinski definition) is 4. The third kappa shape index (κ3) is 3.17. The van der Waals surface area contributed by atoms with Gasteiger partial charge >= 0.3 is 5.97 Å². The summed E-state index contributed by atoms with van der Waals surface area (Å²) in [7, 11) is 1.31. The predicted octanol–water partition coefficient (Wildman–Crippen LogP) is 0.172. The lowest BCUT2D eigenvalue weighted by Crippen LogP contribution is -2.53. The molecule has 0 radical (unpaired) electrons. The van der Waals surface area contributed by atoms with E-state index in [2.05, 4.69) is 20.7 Å². The van der Waals surface area contributed by atoms with Gasteiger partial charge in [0.2, 0.25) is 5.91 Å². The van der Waals surface area contributed by atoms with E-state index in [-0.39, 0.29) is 12.5 Å². The maximum Gasteiger partial charge on any atom is 0.331 e. The molecule has 6 heteroatoms. The van der Waals surface area contributed by atoms with Crippen LogP contribution in [0.2, 0.25) is 0 Å². The number of nitrogens with zero attached hydrogens (tertiary/aromatic N) is 1. The summed E-state index contributed by atoms with van der Waals surface area (Å²) in [6.45, 7) is 1.15. The first kappa shape index (κ1) is 12.4. The first-order valence-electron chi connectivity index (χ1n) is 4.71. The van der Waals surface area contributed by atoms with Crippen LogP contribution in [0.3, 0.4) is 0 Å². The SMILES string of the molecule is COC(=O)C1COCCN1C(=O)CCBr. The second-order valence-electron chi connectivity index (χ2n) is 3.14. The van der Waals surface area contributed by atoms with Crippen LogP contribution in [0.25, 0.3) is 0 Å². The van der Waals surface area contributed by atoms with Crippen LogP contribution in [0.15, 0.2) is 0 Å². The van der Waals surface area contributed by atoms with Crippen LogP contribution in [0, 0.1) is 0 Å². The molecule has 1 heterocycles. The number of amides is 1. The minimum Gasteiger partial charge on any atom is -0.467 e. The fourth-order valence-corrected chi connectivity index (χ4v) is 1.80. The Bertz CT molecular complexity index is 246. The molecule has 1 aliphatic heterocycles. The summed E-state index contributed by atoms with van der Waals surface area (Å²) in [6, 6.07) is -0.588. The summed E-state index contributed by atoms with van der Waals surface area (Å²) in [4.78, 5) is 24.6. The molecule has 1 atom stereocenters. The highest BCUT2D eigenvalue weighted by Gasteiger charge is 2.32. The molecule has 1 fully saturated rings. The van der Waals surface area contributed by atoms with Crippen LogP contribution >= 0.6 is 15.9 Å². The highest BCUT2D eigenvalue weighted by Crippen LogP contribution is 2.10. The van der Waals surface area contributed by atoms with Crippen molar-refractivity contribution in [1.82, 2.24) is 4.90 Å². The maximum atomic E-state index is 11.7. The third-order valence-corrected chi connectivity index (χ3v) is 2.63. The van der Waals surface area contributed by atoms with Crippen LogP contribution < -0.4 is 0 Å². The maximum absolute atomic E-state index is 11.7. The Balaban J connectivity index is 2.65. The molecule has 0 N–H and O–H groups in total. The van der Waals surface area contributed by atoms with E-state index < -0.39 is 12.0 Å². The van der Waals surface area contributed by atoms with Gasteiger partial charge in [-0.3, -0.25) is 4.79 Å². The molecular weight excluding hydrogens is 266 g/mol. The molecule has 86 valence electrons. The molecule has 1 amide bonds. The standard InChI is InChI=1S/C9H14BrNO4/c1-14-9(13)7-6-15-5-4-11(7)8(12)2-3-10/h7H,2-6H2,1H3. The molecule has 0 aromatic carbocycles. The molecule has 1 unspecified atom stereocenters. The van der Waals surface area contributed by atoms with Crippen molar-refractivity contribution in [2.24, 2.45) is 0 Å². The van der Waals surface area contributed by atoms with E-state index >= 15 is 0 Å². The van der Waals surface area contributed by atoms with Gasteiger partial charge in [0.25, 0.3) is 0 Å². The predicted molar refractivity (Wildman–Crippen MR) is 56.7 cm³/mol. The number of methoxy groups -OCH3 is 1. The van der Waals surface area contributed by atoms with Crippen LogP contribution in [-0.4, -0.2) is 55.0 Å². The van der Waals surface area contributed by atoms with Crippen molar-refractivity contribution in [3.8, 4) is 0 Å².